The zero-order valence-electron chi connectivity index (χ0n) is 19.3. The Morgan fingerprint density at radius 3 is 2.13 bits per heavy atom. The maximum absolute atomic E-state index is 14.9. The summed E-state index contributed by atoms with van der Waals surface area (Å²) in [6.45, 7) is 4.54. The molecule has 164 valence electrons. The molecule has 0 spiro atoms. The fraction of sp³-hybridized carbons (Fsp3) is 0.586. The summed E-state index contributed by atoms with van der Waals surface area (Å²) < 4.78 is 14.9. The van der Waals surface area contributed by atoms with E-state index in [4.69, 9.17) is 0 Å². The Labute approximate surface area is 184 Å². The minimum atomic E-state index is -0.0631. The lowest BCUT2D eigenvalue weighted by Gasteiger charge is -2.28. The molecule has 0 N–H and O–H groups in total. The fourth-order valence-electron chi connectivity index (χ4n) is 5.17. The van der Waals surface area contributed by atoms with Crippen LogP contribution >= 0.6 is 0 Å². The highest BCUT2D eigenvalue weighted by Gasteiger charge is 2.22. The van der Waals surface area contributed by atoms with E-state index in [0.717, 1.165) is 23.5 Å². The molecule has 1 saturated carbocycles. The van der Waals surface area contributed by atoms with Gasteiger partial charge in [-0.15, -0.1) is 0 Å². The monoisotopic (exact) mass is 408 g/mol. The highest BCUT2D eigenvalue weighted by Crippen LogP contribution is 2.38. The Hall–Kier alpha value is -1.63. The topological polar surface area (TPSA) is 0 Å². The second-order valence-corrected chi connectivity index (χ2v) is 9.46. The van der Waals surface area contributed by atoms with Crippen LogP contribution in [0.25, 0.3) is 11.1 Å². The van der Waals surface area contributed by atoms with Gasteiger partial charge in [0.15, 0.2) is 0 Å². The van der Waals surface area contributed by atoms with E-state index in [0.29, 0.717) is 5.92 Å². The van der Waals surface area contributed by atoms with Gasteiger partial charge in [0.05, 0.1) is 0 Å². The summed E-state index contributed by atoms with van der Waals surface area (Å²) in [5.74, 6) is 1.37. The first-order valence-corrected chi connectivity index (χ1v) is 12.6. The molecule has 0 bridgehead atoms. The molecule has 0 aliphatic heterocycles. The lowest BCUT2D eigenvalue weighted by molar-refractivity contribution is 0.308. The summed E-state index contributed by atoms with van der Waals surface area (Å²) in [5.41, 5.74) is 4.31. The Morgan fingerprint density at radius 1 is 0.767 bits per heavy atom. The number of halogens is 1. The Balaban J connectivity index is 1.53. The predicted octanol–water partition coefficient (Wildman–Crippen LogP) is 9.47. The van der Waals surface area contributed by atoms with Crippen LogP contribution in [0.4, 0.5) is 4.39 Å². The molecule has 0 unspecified atom stereocenters. The number of aryl methyl sites for hydroxylation is 1. The number of hydrogen-bond donors (Lipinski definition) is 0. The number of rotatable bonds is 11. The molecule has 0 aromatic heterocycles. The summed E-state index contributed by atoms with van der Waals surface area (Å²) in [4.78, 5) is 0. The van der Waals surface area contributed by atoms with Gasteiger partial charge in [0.25, 0.3) is 0 Å². The van der Waals surface area contributed by atoms with Crippen molar-refractivity contribution in [2.45, 2.75) is 103 Å². The second-order valence-electron chi connectivity index (χ2n) is 9.46. The van der Waals surface area contributed by atoms with E-state index < -0.39 is 0 Å². The molecule has 2 aromatic carbocycles. The van der Waals surface area contributed by atoms with Crippen molar-refractivity contribution in [2.75, 3.05) is 0 Å². The van der Waals surface area contributed by atoms with Gasteiger partial charge in [0.2, 0.25) is 0 Å². The van der Waals surface area contributed by atoms with Gasteiger partial charge < -0.3 is 0 Å². The average Bonchev–Trinajstić information content (AvgIpc) is 2.77. The lowest BCUT2D eigenvalue weighted by atomic mass is 9.77. The molecule has 30 heavy (non-hydrogen) atoms. The third-order valence-electron chi connectivity index (χ3n) is 7.09. The molecule has 0 heterocycles. The summed E-state index contributed by atoms with van der Waals surface area (Å²) in [5, 5.41) is 0. The van der Waals surface area contributed by atoms with Crippen LogP contribution in [0.2, 0.25) is 0 Å². The van der Waals surface area contributed by atoms with Crippen LogP contribution in [0.1, 0.15) is 108 Å². The zero-order chi connectivity index (χ0) is 21.2. The van der Waals surface area contributed by atoms with Crippen LogP contribution in [0.5, 0.6) is 0 Å². The number of hydrogen-bond acceptors (Lipinski definition) is 0. The lowest BCUT2D eigenvalue weighted by Crippen LogP contribution is -2.13. The molecule has 1 heteroatoms. The highest BCUT2D eigenvalue weighted by molar-refractivity contribution is 5.65. The first-order chi connectivity index (χ1) is 14.7. The van der Waals surface area contributed by atoms with Crippen molar-refractivity contribution in [3.63, 3.8) is 0 Å². The molecule has 2 aromatic rings. The van der Waals surface area contributed by atoms with E-state index in [1.54, 1.807) is 0 Å². The molecule has 0 amide bonds. The van der Waals surface area contributed by atoms with Crippen LogP contribution < -0.4 is 0 Å². The molecule has 1 aliphatic rings. The molecule has 0 nitrogen and oxygen atoms in total. The molecular formula is C29H41F. The Bertz CT molecular complexity index is 737. The van der Waals surface area contributed by atoms with Crippen molar-refractivity contribution < 1.29 is 4.39 Å². The van der Waals surface area contributed by atoms with Crippen LogP contribution in [0.15, 0.2) is 42.5 Å². The molecule has 0 radical (unpaired) electrons. The average molecular weight is 409 g/mol. The SMILES string of the molecule is CCCCCCCCc1ccc(-c2ccc([C@H]3CC[C@H](CCC)CC3)cc2F)cc1. The first kappa shape index (κ1) is 23.0. The van der Waals surface area contributed by atoms with Crippen molar-refractivity contribution in [3.05, 3.63) is 59.4 Å². The summed E-state index contributed by atoms with van der Waals surface area (Å²) in [7, 11) is 0. The van der Waals surface area contributed by atoms with Crippen molar-refractivity contribution in [1.82, 2.24) is 0 Å². The predicted molar refractivity (Wildman–Crippen MR) is 129 cm³/mol. The van der Waals surface area contributed by atoms with E-state index >= 15 is 0 Å². The van der Waals surface area contributed by atoms with Gasteiger partial charge in [0, 0.05) is 5.56 Å². The second kappa shape index (κ2) is 12.3. The smallest absolute Gasteiger partial charge is 0.131 e. The van der Waals surface area contributed by atoms with Crippen LogP contribution in [-0.4, -0.2) is 0 Å². The molecule has 0 saturated heterocycles. The third kappa shape index (κ3) is 6.69. The first-order valence-electron chi connectivity index (χ1n) is 12.6. The van der Waals surface area contributed by atoms with Gasteiger partial charge in [-0.05, 0) is 73.1 Å². The van der Waals surface area contributed by atoms with Crippen molar-refractivity contribution >= 4 is 0 Å². The summed E-state index contributed by atoms with van der Waals surface area (Å²) in [6, 6.07) is 14.6. The number of benzene rings is 2. The zero-order valence-corrected chi connectivity index (χ0v) is 19.3. The Kier molecular flexibility index (Phi) is 9.43. The minimum absolute atomic E-state index is 0.0631. The third-order valence-corrected chi connectivity index (χ3v) is 7.09. The summed E-state index contributed by atoms with van der Waals surface area (Å²) >= 11 is 0. The van der Waals surface area contributed by atoms with Crippen molar-refractivity contribution in [3.8, 4) is 11.1 Å². The molecule has 3 rings (SSSR count). The van der Waals surface area contributed by atoms with Crippen LogP contribution in [-0.2, 0) is 6.42 Å². The van der Waals surface area contributed by atoms with E-state index in [1.807, 2.05) is 12.1 Å². The van der Waals surface area contributed by atoms with E-state index in [9.17, 15) is 4.39 Å². The molecular weight excluding hydrogens is 367 g/mol. The van der Waals surface area contributed by atoms with Gasteiger partial charge in [-0.2, -0.15) is 0 Å². The van der Waals surface area contributed by atoms with Gasteiger partial charge in [-0.1, -0.05) is 95.2 Å². The van der Waals surface area contributed by atoms with E-state index in [2.05, 4.69) is 44.2 Å². The normalized spacial score (nSPS) is 19.2. The van der Waals surface area contributed by atoms with Crippen molar-refractivity contribution in [1.29, 1.82) is 0 Å². The van der Waals surface area contributed by atoms with E-state index in [1.165, 1.54) is 88.2 Å². The maximum atomic E-state index is 14.9. The standard InChI is InChI=1S/C29H41F/c1-3-5-6-7-8-9-11-24-14-18-26(19-15-24)28-21-20-27(22-29(28)30)25-16-12-23(10-4-2)13-17-25/h14-15,18-23,25H,3-13,16-17H2,1-2H3/t23-,25-. The molecule has 0 atom stereocenters. The van der Waals surface area contributed by atoms with Crippen molar-refractivity contribution in [2.24, 2.45) is 5.92 Å². The minimum Gasteiger partial charge on any atom is -0.206 e. The fourth-order valence-corrected chi connectivity index (χ4v) is 5.17. The maximum Gasteiger partial charge on any atom is 0.131 e. The molecule has 1 fully saturated rings. The quantitative estimate of drug-likeness (QED) is 0.325. The van der Waals surface area contributed by atoms with Crippen LogP contribution in [0, 0.1) is 11.7 Å². The number of unbranched alkanes of at least 4 members (excludes halogenated alkanes) is 5. The van der Waals surface area contributed by atoms with Crippen LogP contribution in [0.3, 0.4) is 0 Å². The summed E-state index contributed by atoms with van der Waals surface area (Å²) in [6.07, 6.45) is 16.8. The molecule has 1 aliphatic carbocycles. The highest BCUT2D eigenvalue weighted by atomic mass is 19.1. The van der Waals surface area contributed by atoms with Gasteiger partial charge >= 0.3 is 0 Å². The van der Waals surface area contributed by atoms with Gasteiger partial charge in [-0.3, -0.25) is 0 Å². The van der Waals surface area contributed by atoms with Gasteiger partial charge in [-0.25, -0.2) is 4.39 Å². The largest absolute Gasteiger partial charge is 0.206 e. The van der Waals surface area contributed by atoms with Gasteiger partial charge in [0.1, 0.15) is 5.82 Å². The Morgan fingerprint density at radius 2 is 1.47 bits per heavy atom. The van der Waals surface area contributed by atoms with E-state index in [-0.39, 0.29) is 5.82 Å².